The maximum atomic E-state index is 6.33. The van der Waals surface area contributed by atoms with E-state index in [0.717, 1.165) is 36.6 Å². The molecular weight excluding hydrogens is 384 g/mol. The molecule has 27 heavy (non-hydrogen) atoms. The van der Waals surface area contributed by atoms with Crippen LogP contribution in [0, 0.1) is 0 Å². The smallest absolute Gasteiger partial charge is 0.158 e. The van der Waals surface area contributed by atoms with Crippen molar-refractivity contribution in [3.05, 3.63) is 35.0 Å². The molecule has 0 saturated carbocycles. The van der Waals surface area contributed by atoms with Gasteiger partial charge < -0.3 is 27.9 Å². The Hall–Kier alpha value is -2.23. The Balaban J connectivity index is 1.75. The minimum absolute atomic E-state index is 0.119. The van der Waals surface area contributed by atoms with Crippen molar-refractivity contribution in [3.63, 3.8) is 0 Å². The first-order valence-corrected chi connectivity index (χ1v) is 9.66. The average molecular weight is 407 g/mol. The number of benzene rings is 1. The lowest BCUT2D eigenvalue weighted by Crippen LogP contribution is -2.48. The summed E-state index contributed by atoms with van der Waals surface area (Å²) < 4.78 is 0. The molecular formula is C17H23ClN8S. The summed E-state index contributed by atoms with van der Waals surface area (Å²) in [5.41, 5.74) is 18.6. The van der Waals surface area contributed by atoms with Gasteiger partial charge in [0.25, 0.3) is 0 Å². The van der Waals surface area contributed by atoms with Crippen molar-refractivity contribution in [3.8, 4) is 0 Å². The van der Waals surface area contributed by atoms with Gasteiger partial charge in [-0.05, 0) is 38.0 Å². The van der Waals surface area contributed by atoms with E-state index >= 15 is 0 Å². The van der Waals surface area contributed by atoms with Gasteiger partial charge in [0.05, 0.1) is 11.2 Å². The summed E-state index contributed by atoms with van der Waals surface area (Å²) in [6, 6.07) is 5.31. The maximum absolute atomic E-state index is 6.33. The molecule has 10 heteroatoms. The highest BCUT2D eigenvalue weighted by atomic mass is 35.5. The zero-order chi connectivity index (χ0) is 19.6. The quantitative estimate of drug-likeness (QED) is 0.260. The number of piperidine rings is 1. The largest absolute Gasteiger partial charge is 0.382 e. The van der Waals surface area contributed by atoms with E-state index in [4.69, 9.17) is 34.6 Å². The average Bonchev–Trinajstić information content (AvgIpc) is 2.64. The molecule has 2 heterocycles. The van der Waals surface area contributed by atoms with Gasteiger partial charge in [-0.2, -0.15) is 5.10 Å². The Morgan fingerprint density at radius 1 is 1.33 bits per heavy atom. The zero-order valence-corrected chi connectivity index (χ0v) is 16.6. The molecule has 0 unspecified atom stereocenters. The molecule has 8 nitrogen and oxygen atoms in total. The molecule has 0 bridgehead atoms. The van der Waals surface area contributed by atoms with E-state index in [1.807, 2.05) is 6.07 Å². The molecule has 3 rings (SSSR count). The van der Waals surface area contributed by atoms with E-state index in [2.05, 4.69) is 26.9 Å². The molecule has 0 amide bonds. The number of aromatic nitrogens is 2. The van der Waals surface area contributed by atoms with Crippen molar-refractivity contribution < 1.29 is 0 Å². The summed E-state index contributed by atoms with van der Waals surface area (Å²) in [5.74, 6) is 6.54. The summed E-state index contributed by atoms with van der Waals surface area (Å²) >= 11 is 7.67. The lowest BCUT2D eigenvalue weighted by molar-refractivity contribution is 0.363. The predicted molar refractivity (Wildman–Crippen MR) is 111 cm³/mol. The number of nitrogens with two attached hydrogens (primary N) is 4. The second-order valence-electron chi connectivity index (χ2n) is 6.82. The number of halogens is 1. The minimum atomic E-state index is -0.119. The third-order valence-electron chi connectivity index (χ3n) is 4.55. The van der Waals surface area contributed by atoms with Crippen molar-refractivity contribution in [1.29, 1.82) is 0 Å². The fourth-order valence-electron chi connectivity index (χ4n) is 2.78. The van der Waals surface area contributed by atoms with Crippen LogP contribution in [0.15, 0.2) is 39.4 Å². The number of amidine groups is 1. The molecule has 2 aromatic rings. The molecule has 144 valence electrons. The summed E-state index contributed by atoms with van der Waals surface area (Å²) in [4.78, 5) is 11.9. The van der Waals surface area contributed by atoms with Gasteiger partial charge >= 0.3 is 0 Å². The molecule has 1 aliphatic heterocycles. The molecule has 1 aliphatic rings. The maximum Gasteiger partial charge on any atom is 0.158 e. The van der Waals surface area contributed by atoms with Gasteiger partial charge in [0.15, 0.2) is 5.82 Å². The van der Waals surface area contributed by atoms with Crippen molar-refractivity contribution >= 4 is 40.8 Å². The molecule has 1 aromatic carbocycles. The van der Waals surface area contributed by atoms with Crippen LogP contribution in [-0.2, 0) is 0 Å². The van der Waals surface area contributed by atoms with Crippen LogP contribution in [0.1, 0.15) is 25.3 Å². The van der Waals surface area contributed by atoms with Gasteiger partial charge in [0, 0.05) is 29.1 Å². The first-order valence-electron chi connectivity index (χ1n) is 8.46. The van der Waals surface area contributed by atoms with Crippen molar-refractivity contribution in [2.24, 2.45) is 22.4 Å². The van der Waals surface area contributed by atoms with E-state index < -0.39 is 0 Å². The van der Waals surface area contributed by atoms with Crippen LogP contribution in [0.3, 0.4) is 0 Å². The first kappa shape index (κ1) is 19.5. The molecule has 0 atom stereocenters. The highest BCUT2D eigenvalue weighted by Gasteiger charge is 2.27. The summed E-state index contributed by atoms with van der Waals surface area (Å²) in [5, 5.41) is 4.56. The van der Waals surface area contributed by atoms with Gasteiger partial charge in [-0.25, -0.2) is 9.97 Å². The monoisotopic (exact) mass is 406 g/mol. The SMILES string of the molecule is CC1(N)CCN(c2cnc(Sc3ccc(/C(N)=N/N)cc3Cl)c(N)n2)CC1. The third kappa shape index (κ3) is 4.55. The van der Waals surface area contributed by atoms with Crippen LogP contribution in [0.25, 0.3) is 0 Å². The normalized spacial score (nSPS) is 17.1. The zero-order valence-electron chi connectivity index (χ0n) is 15.0. The van der Waals surface area contributed by atoms with Crippen molar-refractivity contribution in [1.82, 2.24) is 9.97 Å². The fraction of sp³-hybridized carbons (Fsp3) is 0.353. The number of nitrogens with zero attached hydrogens (tertiary/aromatic N) is 4. The molecule has 8 N–H and O–H groups in total. The van der Waals surface area contributed by atoms with Gasteiger partial charge in [0.1, 0.15) is 16.7 Å². The lowest BCUT2D eigenvalue weighted by Gasteiger charge is -2.37. The number of hydrazone groups is 1. The summed E-state index contributed by atoms with van der Waals surface area (Å²) in [6.45, 7) is 3.75. The number of nitrogen functional groups attached to an aromatic ring is 1. The van der Waals surface area contributed by atoms with Crippen LogP contribution in [0.4, 0.5) is 11.6 Å². The predicted octanol–water partition coefficient (Wildman–Crippen LogP) is 1.76. The van der Waals surface area contributed by atoms with Crippen LogP contribution >= 0.6 is 23.4 Å². The standard InChI is InChI=1S/C17H23ClN8S/c1-17(21)4-6-26(7-5-17)13-9-23-16(15(20)24-13)27-12-3-2-10(8-11(12)18)14(19)25-22/h2-3,8-9H,4-7,21-22H2,1H3,(H2,19,25)(H2,20,24). The molecule has 0 spiro atoms. The van der Waals surface area contributed by atoms with Gasteiger partial charge in [0.2, 0.25) is 0 Å². The summed E-state index contributed by atoms with van der Waals surface area (Å²) in [7, 11) is 0. The number of hydrogen-bond acceptors (Lipinski definition) is 8. The van der Waals surface area contributed by atoms with Crippen LogP contribution < -0.4 is 27.9 Å². The Morgan fingerprint density at radius 3 is 2.63 bits per heavy atom. The van der Waals surface area contributed by atoms with Gasteiger partial charge in [-0.15, -0.1) is 0 Å². The topological polar surface area (TPSA) is 145 Å². The Morgan fingerprint density at radius 2 is 2.04 bits per heavy atom. The van der Waals surface area contributed by atoms with E-state index in [-0.39, 0.29) is 11.4 Å². The molecule has 1 aromatic heterocycles. The fourth-order valence-corrected chi connectivity index (χ4v) is 3.83. The second kappa shape index (κ2) is 7.79. The Kier molecular flexibility index (Phi) is 5.64. The van der Waals surface area contributed by atoms with Crippen LogP contribution in [-0.4, -0.2) is 34.4 Å². The van der Waals surface area contributed by atoms with E-state index in [0.29, 0.717) is 21.4 Å². The lowest BCUT2D eigenvalue weighted by atomic mass is 9.91. The number of anilines is 2. The molecule has 1 saturated heterocycles. The van der Waals surface area contributed by atoms with Crippen LogP contribution in [0.2, 0.25) is 5.02 Å². The van der Waals surface area contributed by atoms with Gasteiger partial charge in [-0.3, -0.25) is 0 Å². The van der Waals surface area contributed by atoms with Crippen molar-refractivity contribution in [2.45, 2.75) is 35.2 Å². The van der Waals surface area contributed by atoms with Crippen molar-refractivity contribution in [2.75, 3.05) is 23.7 Å². The number of hydrogen-bond donors (Lipinski definition) is 4. The van der Waals surface area contributed by atoms with Gasteiger partial charge in [-0.1, -0.05) is 23.4 Å². The highest BCUT2D eigenvalue weighted by molar-refractivity contribution is 7.99. The third-order valence-corrected chi connectivity index (χ3v) is 6.06. The van der Waals surface area contributed by atoms with E-state index in [1.54, 1.807) is 18.3 Å². The highest BCUT2D eigenvalue weighted by Crippen LogP contribution is 2.35. The first-order chi connectivity index (χ1) is 12.8. The summed E-state index contributed by atoms with van der Waals surface area (Å²) in [6.07, 6.45) is 3.55. The minimum Gasteiger partial charge on any atom is -0.382 e. The molecule has 1 fully saturated rings. The van der Waals surface area contributed by atoms with E-state index in [1.165, 1.54) is 11.8 Å². The van der Waals surface area contributed by atoms with E-state index in [9.17, 15) is 0 Å². The molecule has 0 radical (unpaired) electrons. The Bertz CT molecular complexity index is 860. The second-order valence-corrected chi connectivity index (χ2v) is 8.26. The number of rotatable bonds is 4. The molecule has 0 aliphatic carbocycles. The Labute approximate surface area is 167 Å². The van der Waals surface area contributed by atoms with Crippen LogP contribution in [0.5, 0.6) is 0 Å².